The second-order valence-corrected chi connectivity index (χ2v) is 7.20. The Balaban J connectivity index is 1.58. The van der Waals surface area contributed by atoms with Crippen molar-refractivity contribution in [3.63, 3.8) is 0 Å². The Hall–Kier alpha value is -3.93. The predicted octanol–water partition coefficient (Wildman–Crippen LogP) is 4.78. The average molecular weight is 396 g/mol. The van der Waals surface area contributed by atoms with Crippen LogP contribution in [0.5, 0.6) is 5.75 Å². The summed E-state index contributed by atoms with van der Waals surface area (Å²) in [7, 11) is 1.64. The number of benzene rings is 3. The summed E-state index contributed by atoms with van der Waals surface area (Å²) in [5.41, 5.74) is 4.59. The molecule has 0 amide bonds. The molecule has 0 spiro atoms. The molecule has 6 nitrogen and oxygen atoms in total. The number of hydrogen-bond donors (Lipinski definition) is 1. The highest BCUT2D eigenvalue weighted by atomic mass is 16.5. The fraction of sp³-hybridized carbons (Fsp3) is 0.125. The van der Waals surface area contributed by atoms with Gasteiger partial charge in [0.25, 0.3) is 0 Å². The van der Waals surface area contributed by atoms with Gasteiger partial charge in [-0.1, -0.05) is 47.7 Å². The standard InChI is InChI=1S/C24H20N4O2/c1-30-17-12-10-16(11-13-17)19(20-15-25-21-7-3-2-6-18(20)21)14-24(29)28-23-9-5-4-8-22(23)26-27-28/h2-13,15,19,25H,14H2,1H3. The van der Waals surface area contributed by atoms with E-state index in [-0.39, 0.29) is 18.2 Å². The molecule has 30 heavy (non-hydrogen) atoms. The molecule has 148 valence electrons. The molecule has 1 atom stereocenters. The highest BCUT2D eigenvalue weighted by Crippen LogP contribution is 2.34. The van der Waals surface area contributed by atoms with Gasteiger partial charge in [-0.15, -0.1) is 5.10 Å². The third kappa shape index (κ3) is 3.12. The number of rotatable bonds is 5. The molecule has 0 saturated carbocycles. The Labute approximate surface area is 173 Å². The summed E-state index contributed by atoms with van der Waals surface area (Å²) < 4.78 is 6.71. The van der Waals surface area contributed by atoms with E-state index in [0.29, 0.717) is 5.52 Å². The molecule has 1 unspecified atom stereocenters. The van der Waals surface area contributed by atoms with Crippen LogP contribution >= 0.6 is 0 Å². The summed E-state index contributed by atoms with van der Waals surface area (Å²) in [5, 5.41) is 9.33. The van der Waals surface area contributed by atoms with Crippen LogP contribution in [0.15, 0.2) is 79.0 Å². The smallest absolute Gasteiger partial charge is 0.249 e. The largest absolute Gasteiger partial charge is 0.497 e. The molecule has 0 fully saturated rings. The fourth-order valence-electron chi connectivity index (χ4n) is 3.94. The SMILES string of the molecule is COc1ccc(C(CC(=O)n2nnc3ccccc32)c2c[nH]c3ccccc23)cc1. The zero-order chi connectivity index (χ0) is 20.5. The molecular formula is C24H20N4O2. The number of nitrogens with zero attached hydrogens (tertiary/aromatic N) is 3. The average Bonchev–Trinajstić information content (AvgIpc) is 3.42. The first-order valence-electron chi connectivity index (χ1n) is 9.78. The van der Waals surface area contributed by atoms with Gasteiger partial charge in [0.05, 0.1) is 12.6 Å². The minimum atomic E-state index is -0.137. The van der Waals surface area contributed by atoms with Crippen LogP contribution in [-0.2, 0) is 0 Å². The molecule has 2 heterocycles. The van der Waals surface area contributed by atoms with Crippen molar-refractivity contribution in [1.82, 2.24) is 20.0 Å². The highest BCUT2D eigenvalue weighted by Gasteiger charge is 2.23. The van der Waals surface area contributed by atoms with Crippen LogP contribution in [0.4, 0.5) is 0 Å². The van der Waals surface area contributed by atoms with Gasteiger partial charge in [0.15, 0.2) is 0 Å². The third-order valence-corrected chi connectivity index (χ3v) is 5.48. The van der Waals surface area contributed by atoms with Crippen LogP contribution in [0.25, 0.3) is 21.9 Å². The molecule has 0 aliphatic carbocycles. The lowest BCUT2D eigenvalue weighted by Crippen LogP contribution is -2.17. The van der Waals surface area contributed by atoms with Crippen molar-refractivity contribution in [3.05, 3.63) is 90.1 Å². The van der Waals surface area contributed by atoms with E-state index >= 15 is 0 Å². The number of para-hydroxylation sites is 2. The Bertz CT molecular complexity index is 1330. The monoisotopic (exact) mass is 396 g/mol. The molecule has 1 N–H and O–H groups in total. The summed E-state index contributed by atoms with van der Waals surface area (Å²) in [5.74, 6) is 0.544. The molecule has 0 radical (unpaired) electrons. The van der Waals surface area contributed by atoms with E-state index in [0.717, 1.165) is 33.3 Å². The molecule has 0 saturated heterocycles. The number of ether oxygens (including phenoxy) is 1. The number of hydrogen-bond acceptors (Lipinski definition) is 4. The number of fused-ring (bicyclic) bond motifs is 2. The minimum absolute atomic E-state index is 0.102. The number of carbonyl (C=O) groups excluding carboxylic acids is 1. The van der Waals surface area contributed by atoms with E-state index in [2.05, 4.69) is 21.4 Å². The van der Waals surface area contributed by atoms with Gasteiger partial charge in [-0.3, -0.25) is 4.79 Å². The molecule has 5 rings (SSSR count). The zero-order valence-corrected chi connectivity index (χ0v) is 16.4. The van der Waals surface area contributed by atoms with Gasteiger partial charge in [0, 0.05) is 29.4 Å². The van der Waals surface area contributed by atoms with Crippen molar-refractivity contribution < 1.29 is 9.53 Å². The van der Waals surface area contributed by atoms with E-state index in [1.54, 1.807) is 7.11 Å². The number of aromatic amines is 1. The van der Waals surface area contributed by atoms with E-state index in [9.17, 15) is 4.79 Å². The van der Waals surface area contributed by atoms with Crippen molar-refractivity contribution in [3.8, 4) is 5.75 Å². The maximum Gasteiger partial charge on any atom is 0.249 e. The topological polar surface area (TPSA) is 72.8 Å². The fourth-order valence-corrected chi connectivity index (χ4v) is 3.94. The Kier molecular flexibility index (Phi) is 4.52. The number of aromatic nitrogens is 4. The molecular weight excluding hydrogens is 376 g/mol. The van der Waals surface area contributed by atoms with Crippen LogP contribution in [0.1, 0.15) is 28.3 Å². The van der Waals surface area contributed by atoms with Crippen molar-refractivity contribution in [2.75, 3.05) is 7.11 Å². The lowest BCUT2D eigenvalue weighted by atomic mass is 9.88. The molecule has 0 aliphatic heterocycles. The first-order valence-corrected chi connectivity index (χ1v) is 9.78. The Morgan fingerprint density at radius 2 is 1.80 bits per heavy atom. The number of H-pyrrole nitrogens is 1. The number of carbonyl (C=O) groups is 1. The summed E-state index contributed by atoms with van der Waals surface area (Å²) in [4.78, 5) is 16.6. The van der Waals surface area contributed by atoms with Crippen molar-refractivity contribution in [2.24, 2.45) is 0 Å². The van der Waals surface area contributed by atoms with Crippen LogP contribution < -0.4 is 4.74 Å². The number of nitrogens with one attached hydrogen (secondary N) is 1. The molecule has 6 heteroatoms. The summed E-state index contributed by atoms with van der Waals surface area (Å²) in [6, 6.07) is 23.5. The second-order valence-electron chi connectivity index (χ2n) is 7.20. The van der Waals surface area contributed by atoms with Gasteiger partial charge >= 0.3 is 0 Å². The maximum atomic E-state index is 13.3. The minimum Gasteiger partial charge on any atom is -0.497 e. The number of methoxy groups -OCH3 is 1. The van der Waals surface area contributed by atoms with Crippen LogP contribution in [0, 0.1) is 0 Å². The summed E-state index contributed by atoms with van der Waals surface area (Å²) in [6.07, 6.45) is 2.26. The van der Waals surface area contributed by atoms with E-state index in [4.69, 9.17) is 4.74 Å². The second kappa shape index (κ2) is 7.48. The van der Waals surface area contributed by atoms with Crippen molar-refractivity contribution in [1.29, 1.82) is 0 Å². The van der Waals surface area contributed by atoms with Crippen molar-refractivity contribution >= 4 is 27.8 Å². The lowest BCUT2D eigenvalue weighted by Gasteiger charge is -2.17. The van der Waals surface area contributed by atoms with Gasteiger partial charge < -0.3 is 9.72 Å². The summed E-state index contributed by atoms with van der Waals surface area (Å²) in [6.45, 7) is 0. The van der Waals surface area contributed by atoms with Gasteiger partial charge in [-0.2, -0.15) is 4.68 Å². The van der Waals surface area contributed by atoms with E-state index in [1.807, 2.05) is 72.9 Å². The first kappa shape index (κ1) is 18.1. The maximum absolute atomic E-state index is 13.3. The highest BCUT2D eigenvalue weighted by molar-refractivity contribution is 5.90. The molecule has 0 bridgehead atoms. The zero-order valence-electron chi connectivity index (χ0n) is 16.4. The Morgan fingerprint density at radius 3 is 2.63 bits per heavy atom. The first-order chi connectivity index (χ1) is 14.7. The quantitative estimate of drug-likeness (QED) is 0.464. The van der Waals surface area contributed by atoms with Crippen LogP contribution in [0.3, 0.4) is 0 Å². The van der Waals surface area contributed by atoms with Gasteiger partial charge in [-0.05, 0) is 41.5 Å². The normalized spacial score (nSPS) is 12.3. The molecule has 2 aromatic heterocycles. The van der Waals surface area contributed by atoms with Gasteiger partial charge in [0.2, 0.25) is 5.91 Å². The van der Waals surface area contributed by atoms with E-state index < -0.39 is 0 Å². The molecule has 5 aromatic rings. The third-order valence-electron chi connectivity index (χ3n) is 5.48. The van der Waals surface area contributed by atoms with Crippen LogP contribution in [0.2, 0.25) is 0 Å². The predicted molar refractivity (Wildman–Crippen MR) is 116 cm³/mol. The van der Waals surface area contributed by atoms with Gasteiger partial charge in [0.1, 0.15) is 11.3 Å². The van der Waals surface area contributed by atoms with Crippen molar-refractivity contribution in [2.45, 2.75) is 12.3 Å². The van der Waals surface area contributed by atoms with Gasteiger partial charge in [-0.25, -0.2) is 0 Å². The van der Waals surface area contributed by atoms with E-state index in [1.165, 1.54) is 4.68 Å². The molecule has 3 aromatic carbocycles. The van der Waals surface area contributed by atoms with Crippen LogP contribution in [-0.4, -0.2) is 33.0 Å². The molecule has 0 aliphatic rings. The lowest BCUT2D eigenvalue weighted by molar-refractivity contribution is 0.0885. The Morgan fingerprint density at radius 1 is 1.03 bits per heavy atom. The summed E-state index contributed by atoms with van der Waals surface area (Å²) >= 11 is 0.